The second-order valence-corrected chi connectivity index (χ2v) is 6.16. The van der Waals surface area contributed by atoms with Gasteiger partial charge >= 0.3 is 0 Å². The van der Waals surface area contributed by atoms with Gasteiger partial charge in [0, 0.05) is 4.24 Å². The van der Waals surface area contributed by atoms with Crippen molar-refractivity contribution in [3.8, 4) is 0 Å². The largest absolute Gasteiger partial charge is 0.125 e. The predicted molar refractivity (Wildman–Crippen MR) is 68.9 cm³/mol. The summed E-state index contributed by atoms with van der Waals surface area (Å²) in [6.07, 6.45) is 1.80. The molecule has 0 aliphatic carbocycles. The average Bonchev–Trinajstić information content (AvgIpc) is 2.05. The molecule has 0 radical (unpaired) electrons. The van der Waals surface area contributed by atoms with Crippen molar-refractivity contribution < 1.29 is 0 Å². The molecule has 0 heterocycles. The van der Waals surface area contributed by atoms with E-state index < -0.39 is 0 Å². The number of thioether (sulfide) groups is 2. The summed E-state index contributed by atoms with van der Waals surface area (Å²) < 4.78 is 1.27. The van der Waals surface area contributed by atoms with E-state index in [0.717, 1.165) is 15.7 Å². The Morgan fingerprint density at radius 3 is 1.85 bits per heavy atom. The Morgan fingerprint density at radius 1 is 1.08 bits per heavy atom. The average molecular weight is 278 g/mol. The number of rotatable bonds is 5. The zero-order valence-electron chi connectivity index (χ0n) is 7.44. The minimum atomic E-state index is 0.118. The van der Waals surface area contributed by atoms with E-state index in [1.165, 1.54) is 0 Å². The first-order valence-electron chi connectivity index (χ1n) is 3.79. The molecule has 5 heteroatoms. The molecule has 0 aromatic rings. The van der Waals surface area contributed by atoms with Crippen LogP contribution in [0.3, 0.4) is 0 Å². The van der Waals surface area contributed by atoms with Crippen LogP contribution in [-0.2, 0) is 0 Å². The molecule has 0 aromatic carbocycles. The molecule has 0 rings (SSSR count). The van der Waals surface area contributed by atoms with Crippen LogP contribution in [0.4, 0.5) is 0 Å². The van der Waals surface area contributed by atoms with Crippen LogP contribution in [0, 0.1) is 0 Å². The SMILES string of the molecule is CCSC(=CC(Cl)=C(Cl)Cl)SCC. The molecule has 0 nitrogen and oxygen atoms in total. The van der Waals surface area contributed by atoms with Crippen LogP contribution in [-0.4, -0.2) is 11.5 Å². The van der Waals surface area contributed by atoms with Gasteiger partial charge in [-0.25, -0.2) is 0 Å². The van der Waals surface area contributed by atoms with Gasteiger partial charge in [-0.15, -0.1) is 23.5 Å². The summed E-state index contributed by atoms with van der Waals surface area (Å²) in [5.74, 6) is 2.03. The Kier molecular flexibility index (Phi) is 9.04. The lowest BCUT2D eigenvalue weighted by Gasteiger charge is -2.02. The minimum absolute atomic E-state index is 0.118. The van der Waals surface area contributed by atoms with Crippen molar-refractivity contribution in [3.05, 3.63) is 19.8 Å². The minimum Gasteiger partial charge on any atom is -0.120 e. The molecular formula is C8H11Cl3S2. The summed E-state index contributed by atoms with van der Waals surface area (Å²) in [7, 11) is 0. The summed E-state index contributed by atoms with van der Waals surface area (Å²) in [5, 5.41) is 0.403. The van der Waals surface area contributed by atoms with E-state index in [4.69, 9.17) is 34.8 Å². The molecule has 0 aromatic heterocycles. The Morgan fingerprint density at radius 2 is 1.54 bits per heavy atom. The van der Waals surface area contributed by atoms with Gasteiger partial charge in [0.25, 0.3) is 0 Å². The van der Waals surface area contributed by atoms with Gasteiger partial charge in [-0.2, -0.15) is 0 Å². The van der Waals surface area contributed by atoms with Gasteiger partial charge in [0.15, 0.2) is 0 Å². The molecule has 13 heavy (non-hydrogen) atoms. The van der Waals surface area contributed by atoms with E-state index in [2.05, 4.69) is 13.8 Å². The fraction of sp³-hybridized carbons (Fsp3) is 0.500. The second-order valence-electron chi connectivity index (χ2n) is 1.94. The molecule has 76 valence electrons. The highest BCUT2D eigenvalue weighted by atomic mass is 35.5. The highest BCUT2D eigenvalue weighted by molar-refractivity contribution is 8.22. The monoisotopic (exact) mass is 276 g/mol. The molecule has 0 fully saturated rings. The van der Waals surface area contributed by atoms with Gasteiger partial charge in [-0.3, -0.25) is 0 Å². The quantitative estimate of drug-likeness (QED) is 0.632. The van der Waals surface area contributed by atoms with Crippen molar-refractivity contribution in [2.24, 2.45) is 0 Å². The molecule has 0 spiro atoms. The number of hydrogen-bond acceptors (Lipinski definition) is 2. The molecule has 0 saturated heterocycles. The van der Waals surface area contributed by atoms with Crippen LogP contribution in [0.5, 0.6) is 0 Å². The van der Waals surface area contributed by atoms with Gasteiger partial charge in [0.2, 0.25) is 0 Å². The third-order valence-electron chi connectivity index (χ3n) is 0.998. The van der Waals surface area contributed by atoms with Crippen molar-refractivity contribution in [2.75, 3.05) is 11.5 Å². The molecule has 0 aliphatic rings. The second kappa shape index (κ2) is 8.37. The zero-order valence-corrected chi connectivity index (χ0v) is 11.3. The van der Waals surface area contributed by atoms with Crippen molar-refractivity contribution in [2.45, 2.75) is 13.8 Å². The van der Waals surface area contributed by atoms with E-state index in [-0.39, 0.29) is 4.49 Å². The third kappa shape index (κ3) is 7.03. The molecule has 0 unspecified atom stereocenters. The Balaban J connectivity index is 4.42. The summed E-state index contributed by atoms with van der Waals surface area (Å²) in [6, 6.07) is 0. The van der Waals surface area contributed by atoms with Crippen LogP contribution in [0.25, 0.3) is 0 Å². The number of halogens is 3. The highest BCUT2D eigenvalue weighted by Crippen LogP contribution is 2.31. The molecule has 0 atom stereocenters. The maximum Gasteiger partial charge on any atom is 0.125 e. The van der Waals surface area contributed by atoms with Gasteiger partial charge in [-0.1, -0.05) is 48.7 Å². The molecule has 0 aliphatic heterocycles. The molecule has 0 bridgehead atoms. The summed E-state index contributed by atoms with van der Waals surface area (Å²) >= 11 is 20.3. The van der Waals surface area contributed by atoms with Crippen LogP contribution in [0.1, 0.15) is 13.8 Å². The van der Waals surface area contributed by atoms with E-state index in [1.807, 2.05) is 0 Å². The fourth-order valence-electron chi connectivity index (χ4n) is 0.568. The van der Waals surface area contributed by atoms with Crippen molar-refractivity contribution in [1.82, 2.24) is 0 Å². The number of allylic oxidation sites excluding steroid dienone is 2. The molecule has 0 saturated carbocycles. The Labute approximate surface area is 103 Å². The first-order valence-corrected chi connectivity index (χ1v) is 6.90. The van der Waals surface area contributed by atoms with Gasteiger partial charge < -0.3 is 0 Å². The standard InChI is InChI=1S/C8H11Cl3S2/c1-3-12-7(13-4-2)5-6(9)8(10)11/h5H,3-4H2,1-2H3. The van der Waals surface area contributed by atoms with Crippen molar-refractivity contribution >= 4 is 58.3 Å². The van der Waals surface area contributed by atoms with Crippen molar-refractivity contribution in [1.29, 1.82) is 0 Å². The summed E-state index contributed by atoms with van der Waals surface area (Å²) in [6.45, 7) is 4.18. The van der Waals surface area contributed by atoms with E-state index in [1.54, 1.807) is 29.6 Å². The highest BCUT2D eigenvalue weighted by Gasteiger charge is 2.00. The summed E-state index contributed by atoms with van der Waals surface area (Å²) in [4.78, 5) is 0. The molecule has 0 N–H and O–H groups in total. The van der Waals surface area contributed by atoms with Crippen LogP contribution in [0.2, 0.25) is 0 Å². The molecular weight excluding hydrogens is 267 g/mol. The van der Waals surface area contributed by atoms with E-state index >= 15 is 0 Å². The van der Waals surface area contributed by atoms with Gasteiger partial charge in [0.1, 0.15) is 4.49 Å². The normalized spacial score (nSPS) is 9.62. The first kappa shape index (κ1) is 14.1. The van der Waals surface area contributed by atoms with Crippen LogP contribution >= 0.6 is 58.3 Å². The predicted octanol–water partition coefficient (Wildman–Crippen LogP) is 5.22. The van der Waals surface area contributed by atoms with Crippen LogP contribution < -0.4 is 0 Å². The maximum atomic E-state index is 5.79. The number of hydrogen-bond donors (Lipinski definition) is 0. The van der Waals surface area contributed by atoms with E-state index in [9.17, 15) is 0 Å². The first-order chi connectivity index (χ1) is 6.11. The Hall–Kier alpha value is 1.05. The van der Waals surface area contributed by atoms with Gasteiger partial charge in [0.05, 0.1) is 5.03 Å². The Bertz CT molecular complexity index is 199. The lowest BCUT2D eigenvalue weighted by molar-refractivity contribution is 1.52. The smallest absolute Gasteiger partial charge is 0.120 e. The van der Waals surface area contributed by atoms with Crippen LogP contribution in [0.15, 0.2) is 19.8 Å². The van der Waals surface area contributed by atoms with Crippen molar-refractivity contribution in [3.63, 3.8) is 0 Å². The zero-order chi connectivity index (χ0) is 10.3. The maximum absolute atomic E-state index is 5.79. The molecule has 0 amide bonds. The van der Waals surface area contributed by atoms with E-state index in [0.29, 0.717) is 5.03 Å². The third-order valence-corrected chi connectivity index (χ3v) is 3.99. The summed E-state index contributed by atoms with van der Waals surface area (Å²) in [5.41, 5.74) is 0. The fourth-order valence-corrected chi connectivity index (χ4v) is 2.93. The van der Waals surface area contributed by atoms with Gasteiger partial charge in [-0.05, 0) is 17.6 Å². The lowest BCUT2D eigenvalue weighted by Crippen LogP contribution is -1.76. The lowest BCUT2D eigenvalue weighted by atomic mass is 10.6. The topological polar surface area (TPSA) is 0 Å².